The van der Waals surface area contributed by atoms with E-state index in [2.05, 4.69) is 114 Å². The van der Waals surface area contributed by atoms with E-state index in [1.54, 1.807) is 0 Å². The van der Waals surface area contributed by atoms with Crippen molar-refractivity contribution in [3.63, 3.8) is 0 Å². The molecule has 0 heterocycles. The van der Waals surface area contributed by atoms with Crippen LogP contribution in [0.4, 0.5) is 0 Å². The van der Waals surface area contributed by atoms with E-state index in [1.807, 2.05) is 0 Å². The lowest BCUT2D eigenvalue weighted by Crippen LogP contribution is -2.12. The Kier molecular flexibility index (Phi) is 4.80. The van der Waals surface area contributed by atoms with E-state index in [4.69, 9.17) is 0 Å². The Morgan fingerprint density at radius 3 is 1.42 bits per heavy atom. The molecule has 0 fully saturated rings. The van der Waals surface area contributed by atoms with Crippen LogP contribution in [0, 0.1) is 0 Å². The van der Waals surface area contributed by atoms with Crippen molar-refractivity contribution in [3.8, 4) is 22.3 Å². The normalized spacial score (nSPS) is 12.2. The van der Waals surface area contributed by atoms with Crippen LogP contribution in [0.15, 0.2) is 72.8 Å². The van der Waals surface area contributed by atoms with Gasteiger partial charge in [0.25, 0.3) is 0 Å². The smallest absolute Gasteiger partial charge is 0.0126 e. The van der Waals surface area contributed by atoms with Gasteiger partial charge in [0.1, 0.15) is 0 Å². The molecule has 0 radical (unpaired) electrons. The first kappa shape index (κ1) is 18.5. The second kappa shape index (κ2) is 6.76. The first-order valence-corrected chi connectivity index (χ1v) is 9.47. The van der Waals surface area contributed by atoms with E-state index in [-0.39, 0.29) is 10.8 Å². The summed E-state index contributed by atoms with van der Waals surface area (Å²) in [6.07, 6.45) is 0. The molecule has 0 atom stereocenters. The van der Waals surface area contributed by atoms with Crippen LogP contribution in [0.25, 0.3) is 22.3 Å². The van der Waals surface area contributed by atoms with E-state index in [0.29, 0.717) is 0 Å². The molecule has 0 aromatic heterocycles. The van der Waals surface area contributed by atoms with Gasteiger partial charge in [-0.15, -0.1) is 0 Å². The summed E-state index contributed by atoms with van der Waals surface area (Å²) in [6.45, 7) is 13.6. The van der Waals surface area contributed by atoms with Crippen LogP contribution in [0.1, 0.15) is 52.7 Å². The lowest BCUT2D eigenvalue weighted by Gasteiger charge is -2.23. The zero-order chi connectivity index (χ0) is 18.9. The molecule has 0 bridgehead atoms. The molecule has 0 aliphatic rings. The summed E-state index contributed by atoms with van der Waals surface area (Å²) >= 11 is 0. The average molecular weight is 343 g/mol. The van der Waals surface area contributed by atoms with Crippen LogP contribution in [-0.4, -0.2) is 0 Å². The van der Waals surface area contributed by atoms with Crippen LogP contribution >= 0.6 is 0 Å². The molecule has 3 aromatic rings. The maximum atomic E-state index is 2.27. The molecule has 0 N–H and O–H groups in total. The number of rotatable bonds is 2. The highest BCUT2D eigenvalue weighted by Crippen LogP contribution is 2.34. The Morgan fingerprint density at radius 2 is 0.923 bits per heavy atom. The molecule has 0 nitrogen and oxygen atoms in total. The van der Waals surface area contributed by atoms with Gasteiger partial charge >= 0.3 is 0 Å². The lowest BCUT2D eigenvalue weighted by molar-refractivity contribution is 0.590. The summed E-state index contributed by atoms with van der Waals surface area (Å²) < 4.78 is 0. The van der Waals surface area contributed by atoms with Crippen molar-refractivity contribution < 1.29 is 0 Å². The van der Waals surface area contributed by atoms with Crippen LogP contribution in [0.5, 0.6) is 0 Å². The first-order chi connectivity index (χ1) is 12.2. The molecule has 0 unspecified atom stereocenters. The third kappa shape index (κ3) is 3.90. The molecule has 134 valence electrons. The second-order valence-electron chi connectivity index (χ2n) is 9.20. The van der Waals surface area contributed by atoms with Gasteiger partial charge in [0.2, 0.25) is 0 Å². The minimum absolute atomic E-state index is 0.137. The molecular weight excluding hydrogens is 312 g/mol. The summed E-state index contributed by atoms with van der Waals surface area (Å²) in [5, 5.41) is 0. The molecular formula is C26H30. The fraction of sp³-hybridized carbons (Fsp3) is 0.308. The van der Waals surface area contributed by atoms with Crippen molar-refractivity contribution in [2.24, 2.45) is 0 Å². The molecule has 0 spiro atoms. The second-order valence-corrected chi connectivity index (χ2v) is 9.20. The third-order valence-corrected chi connectivity index (χ3v) is 5.02. The van der Waals surface area contributed by atoms with Crippen molar-refractivity contribution in [2.45, 2.75) is 52.4 Å². The number of hydrogen-bond acceptors (Lipinski definition) is 0. The van der Waals surface area contributed by atoms with E-state index < -0.39 is 0 Å². The van der Waals surface area contributed by atoms with Gasteiger partial charge in [-0.2, -0.15) is 0 Å². The van der Waals surface area contributed by atoms with E-state index in [9.17, 15) is 0 Å². The molecule has 0 amide bonds. The maximum absolute atomic E-state index is 2.27. The minimum atomic E-state index is 0.137. The van der Waals surface area contributed by atoms with Crippen LogP contribution in [0.2, 0.25) is 0 Å². The first-order valence-electron chi connectivity index (χ1n) is 9.47. The number of benzene rings is 3. The topological polar surface area (TPSA) is 0 Å². The van der Waals surface area contributed by atoms with E-state index in [1.165, 1.54) is 33.4 Å². The summed E-state index contributed by atoms with van der Waals surface area (Å²) in [5.41, 5.74) is 8.24. The van der Waals surface area contributed by atoms with Crippen molar-refractivity contribution in [1.29, 1.82) is 0 Å². The standard InChI is InChI=1S/C26H30/c1-25(2,3)22-17-15-20(16-18-22)19-11-13-21(14-12-19)23-9-7-8-10-24(23)26(4,5)6/h7-18H,1-6H3. The molecule has 3 rings (SSSR count). The fourth-order valence-electron chi connectivity index (χ4n) is 3.39. The monoisotopic (exact) mass is 342 g/mol. The highest BCUT2D eigenvalue weighted by Gasteiger charge is 2.18. The van der Waals surface area contributed by atoms with E-state index in [0.717, 1.165) is 0 Å². The van der Waals surface area contributed by atoms with Crippen LogP contribution in [-0.2, 0) is 10.8 Å². The van der Waals surface area contributed by atoms with Crippen molar-refractivity contribution in [2.75, 3.05) is 0 Å². The summed E-state index contributed by atoms with van der Waals surface area (Å²) in [5.74, 6) is 0. The molecule has 0 saturated carbocycles. The van der Waals surface area contributed by atoms with Gasteiger partial charge in [-0.25, -0.2) is 0 Å². The quantitative estimate of drug-likeness (QED) is 0.449. The van der Waals surface area contributed by atoms with Gasteiger partial charge in [0, 0.05) is 0 Å². The highest BCUT2D eigenvalue weighted by molar-refractivity contribution is 5.73. The minimum Gasteiger partial charge on any atom is -0.0619 e. The Hall–Kier alpha value is -2.34. The summed E-state index contributed by atoms with van der Waals surface area (Å²) in [6, 6.07) is 26.7. The highest BCUT2D eigenvalue weighted by atomic mass is 14.2. The Labute approximate surface area is 158 Å². The Bertz CT molecular complexity index is 867. The average Bonchev–Trinajstić information content (AvgIpc) is 2.61. The Balaban J connectivity index is 1.93. The van der Waals surface area contributed by atoms with E-state index >= 15 is 0 Å². The third-order valence-electron chi connectivity index (χ3n) is 5.02. The molecule has 0 heteroatoms. The molecule has 0 aliphatic carbocycles. The lowest BCUT2D eigenvalue weighted by atomic mass is 9.81. The Morgan fingerprint density at radius 1 is 0.462 bits per heavy atom. The van der Waals surface area contributed by atoms with Crippen molar-refractivity contribution in [1.82, 2.24) is 0 Å². The predicted molar refractivity (Wildman–Crippen MR) is 115 cm³/mol. The SMILES string of the molecule is CC(C)(C)c1ccc(-c2ccc(-c3ccccc3C(C)(C)C)cc2)cc1. The van der Waals surface area contributed by atoms with Gasteiger partial charge in [0.15, 0.2) is 0 Å². The van der Waals surface area contributed by atoms with Crippen LogP contribution < -0.4 is 0 Å². The number of hydrogen-bond donors (Lipinski definition) is 0. The van der Waals surface area contributed by atoms with Gasteiger partial charge in [-0.05, 0) is 44.2 Å². The molecule has 0 saturated heterocycles. The van der Waals surface area contributed by atoms with Gasteiger partial charge in [-0.1, -0.05) is 114 Å². The summed E-state index contributed by atoms with van der Waals surface area (Å²) in [7, 11) is 0. The van der Waals surface area contributed by atoms with Gasteiger partial charge in [-0.3, -0.25) is 0 Å². The maximum Gasteiger partial charge on any atom is -0.0126 e. The van der Waals surface area contributed by atoms with Gasteiger partial charge in [0.05, 0.1) is 0 Å². The predicted octanol–water partition coefficient (Wildman–Crippen LogP) is 7.62. The molecule has 0 aliphatic heterocycles. The summed E-state index contributed by atoms with van der Waals surface area (Å²) in [4.78, 5) is 0. The fourth-order valence-corrected chi connectivity index (χ4v) is 3.39. The zero-order valence-electron chi connectivity index (χ0n) is 16.9. The van der Waals surface area contributed by atoms with Crippen LogP contribution in [0.3, 0.4) is 0 Å². The zero-order valence-corrected chi connectivity index (χ0v) is 16.9. The van der Waals surface area contributed by atoms with Gasteiger partial charge < -0.3 is 0 Å². The van der Waals surface area contributed by atoms with Crippen molar-refractivity contribution in [3.05, 3.63) is 83.9 Å². The molecule has 26 heavy (non-hydrogen) atoms. The largest absolute Gasteiger partial charge is 0.0619 e. The van der Waals surface area contributed by atoms with Crippen molar-refractivity contribution >= 4 is 0 Å². The molecule has 3 aromatic carbocycles.